The van der Waals surface area contributed by atoms with Crippen LogP contribution in [0, 0.1) is 28.4 Å². The second-order valence-corrected chi connectivity index (χ2v) is 6.41. The summed E-state index contributed by atoms with van der Waals surface area (Å²) in [7, 11) is 1.73. The van der Waals surface area contributed by atoms with Crippen molar-refractivity contribution < 1.29 is 8.78 Å². The normalized spacial score (nSPS) is 18.6. The van der Waals surface area contributed by atoms with E-state index in [1.54, 1.807) is 18.0 Å². The number of hydrogen-bond acceptors (Lipinski definition) is 2. The lowest BCUT2D eigenvalue weighted by molar-refractivity contribution is 0.222. The van der Waals surface area contributed by atoms with Gasteiger partial charge in [0.1, 0.15) is 5.69 Å². The Labute approximate surface area is 119 Å². The van der Waals surface area contributed by atoms with E-state index < -0.39 is 11.6 Å². The molecule has 0 unspecified atom stereocenters. The van der Waals surface area contributed by atoms with Crippen LogP contribution < -0.4 is 4.90 Å². The van der Waals surface area contributed by atoms with E-state index in [1.807, 2.05) is 0 Å². The third-order valence-electron chi connectivity index (χ3n) is 4.36. The molecule has 1 aromatic rings. The smallest absolute Gasteiger partial charge is 0.150 e. The van der Waals surface area contributed by atoms with Crippen molar-refractivity contribution in [2.24, 2.45) is 5.41 Å². The fraction of sp³-hybridized carbons (Fsp3) is 0.562. The predicted octanol–water partition coefficient (Wildman–Crippen LogP) is 4.24. The van der Waals surface area contributed by atoms with Crippen molar-refractivity contribution in [1.82, 2.24) is 0 Å². The Morgan fingerprint density at radius 1 is 1.20 bits per heavy atom. The van der Waals surface area contributed by atoms with E-state index in [9.17, 15) is 8.78 Å². The molecule has 0 spiro atoms. The Morgan fingerprint density at radius 2 is 1.70 bits per heavy atom. The Kier molecular flexibility index (Phi) is 3.99. The second-order valence-electron chi connectivity index (χ2n) is 6.41. The van der Waals surface area contributed by atoms with Gasteiger partial charge in [-0.25, -0.2) is 8.78 Å². The lowest BCUT2D eigenvalue weighted by atomic mass is 9.75. The molecule has 2 nitrogen and oxygen atoms in total. The van der Waals surface area contributed by atoms with E-state index in [4.69, 9.17) is 5.26 Å². The Hall–Kier alpha value is -1.63. The highest BCUT2D eigenvalue weighted by Crippen LogP contribution is 2.38. The molecule has 1 aromatic carbocycles. The third kappa shape index (κ3) is 2.92. The Morgan fingerprint density at radius 3 is 2.15 bits per heavy atom. The van der Waals surface area contributed by atoms with Crippen LogP contribution in [0.4, 0.5) is 14.5 Å². The van der Waals surface area contributed by atoms with Crippen molar-refractivity contribution in [3.05, 3.63) is 29.3 Å². The highest BCUT2D eigenvalue weighted by atomic mass is 19.1. The van der Waals surface area contributed by atoms with Crippen LogP contribution in [0.15, 0.2) is 12.1 Å². The zero-order chi connectivity index (χ0) is 14.9. The quantitative estimate of drug-likeness (QED) is 0.809. The van der Waals surface area contributed by atoms with Crippen LogP contribution in [0.2, 0.25) is 0 Å². The number of nitriles is 1. The van der Waals surface area contributed by atoms with Gasteiger partial charge in [-0.3, -0.25) is 0 Å². The largest absolute Gasteiger partial charge is 0.367 e. The van der Waals surface area contributed by atoms with Crippen LogP contribution in [0.1, 0.15) is 45.1 Å². The van der Waals surface area contributed by atoms with Gasteiger partial charge in [-0.15, -0.1) is 0 Å². The molecule has 0 amide bonds. The SMILES string of the molecule is CN(c1c(F)cc(C#N)cc1F)C1CCC(C)(C)CC1. The van der Waals surface area contributed by atoms with Crippen LogP contribution in [0.25, 0.3) is 0 Å². The maximum atomic E-state index is 14.0. The summed E-state index contributed by atoms with van der Waals surface area (Å²) in [5, 5.41) is 8.73. The van der Waals surface area contributed by atoms with Crippen LogP contribution >= 0.6 is 0 Å². The van der Waals surface area contributed by atoms with E-state index in [-0.39, 0.29) is 17.3 Å². The van der Waals surface area contributed by atoms with Gasteiger partial charge in [-0.1, -0.05) is 13.8 Å². The van der Waals surface area contributed by atoms with Crippen molar-refractivity contribution in [3.63, 3.8) is 0 Å². The average Bonchev–Trinajstić information content (AvgIpc) is 2.37. The zero-order valence-electron chi connectivity index (χ0n) is 12.2. The average molecular weight is 278 g/mol. The fourth-order valence-corrected chi connectivity index (χ4v) is 2.92. The number of rotatable bonds is 2. The zero-order valence-corrected chi connectivity index (χ0v) is 12.2. The molecule has 4 heteroatoms. The molecule has 0 aromatic heterocycles. The maximum Gasteiger partial charge on any atom is 0.150 e. The molecule has 0 atom stereocenters. The number of halogens is 2. The summed E-state index contributed by atoms with van der Waals surface area (Å²) in [5.74, 6) is -1.32. The van der Waals surface area contributed by atoms with Crippen molar-refractivity contribution >= 4 is 5.69 Å². The first-order valence-corrected chi connectivity index (χ1v) is 6.96. The molecule has 1 aliphatic rings. The van der Waals surface area contributed by atoms with Crippen LogP contribution in [0.5, 0.6) is 0 Å². The summed E-state index contributed by atoms with van der Waals surface area (Å²) in [6.07, 6.45) is 3.98. The van der Waals surface area contributed by atoms with Gasteiger partial charge in [0.15, 0.2) is 11.6 Å². The van der Waals surface area contributed by atoms with Gasteiger partial charge in [-0.2, -0.15) is 5.26 Å². The molecule has 0 aliphatic heterocycles. The minimum absolute atomic E-state index is 0.0157. The molecule has 20 heavy (non-hydrogen) atoms. The highest BCUT2D eigenvalue weighted by Gasteiger charge is 2.30. The van der Waals surface area contributed by atoms with E-state index in [2.05, 4.69) is 13.8 Å². The summed E-state index contributed by atoms with van der Waals surface area (Å²) in [5.41, 5.74) is 0.315. The molecule has 108 valence electrons. The van der Waals surface area contributed by atoms with E-state index in [1.165, 1.54) is 0 Å². The van der Waals surface area contributed by atoms with Gasteiger partial charge in [0.25, 0.3) is 0 Å². The number of nitrogens with zero attached hydrogens (tertiary/aromatic N) is 2. The molecule has 1 saturated carbocycles. The molecule has 0 bridgehead atoms. The van der Waals surface area contributed by atoms with Crippen molar-refractivity contribution in [3.8, 4) is 6.07 Å². The lowest BCUT2D eigenvalue weighted by Crippen LogP contribution is -2.38. The number of anilines is 1. The van der Waals surface area contributed by atoms with Gasteiger partial charge in [0, 0.05) is 13.1 Å². The van der Waals surface area contributed by atoms with Crippen molar-refractivity contribution in [2.75, 3.05) is 11.9 Å². The van der Waals surface area contributed by atoms with Gasteiger partial charge in [0.2, 0.25) is 0 Å². The van der Waals surface area contributed by atoms with Gasteiger partial charge >= 0.3 is 0 Å². The molecular weight excluding hydrogens is 258 g/mol. The topological polar surface area (TPSA) is 27.0 Å². The van der Waals surface area contributed by atoms with Crippen molar-refractivity contribution in [1.29, 1.82) is 5.26 Å². The van der Waals surface area contributed by atoms with Crippen LogP contribution in [-0.4, -0.2) is 13.1 Å². The minimum Gasteiger partial charge on any atom is -0.367 e. The summed E-state index contributed by atoms with van der Waals surface area (Å²) < 4.78 is 28.0. The summed E-state index contributed by atoms with van der Waals surface area (Å²) in [6, 6.07) is 4.12. The minimum atomic E-state index is -0.658. The van der Waals surface area contributed by atoms with Crippen molar-refractivity contribution in [2.45, 2.75) is 45.6 Å². The first kappa shape index (κ1) is 14.8. The highest BCUT2D eigenvalue weighted by molar-refractivity contribution is 5.52. The summed E-state index contributed by atoms with van der Waals surface area (Å²) in [4.78, 5) is 1.70. The Bertz CT molecular complexity index is 513. The van der Waals surface area contributed by atoms with Crippen LogP contribution in [-0.2, 0) is 0 Å². The monoisotopic (exact) mass is 278 g/mol. The summed E-state index contributed by atoms with van der Waals surface area (Å²) >= 11 is 0. The van der Waals surface area contributed by atoms with Gasteiger partial charge in [-0.05, 0) is 43.2 Å². The fourth-order valence-electron chi connectivity index (χ4n) is 2.92. The molecule has 0 N–H and O–H groups in total. The van der Waals surface area contributed by atoms with E-state index in [0.29, 0.717) is 5.41 Å². The summed E-state index contributed by atoms with van der Waals surface area (Å²) in [6.45, 7) is 4.46. The Balaban J connectivity index is 2.22. The molecule has 0 radical (unpaired) electrons. The molecule has 2 rings (SSSR count). The number of hydrogen-bond donors (Lipinski definition) is 0. The molecule has 1 aliphatic carbocycles. The third-order valence-corrected chi connectivity index (χ3v) is 4.36. The lowest BCUT2D eigenvalue weighted by Gasteiger charge is -2.39. The standard InChI is InChI=1S/C16H20F2N2/c1-16(2)6-4-12(5-7-16)20(3)15-13(17)8-11(10-19)9-14(15)18/h8-9,12H,4-7H2,1-3H3. The van der Waals surface area contributed by atoms with Gasteiger partial charge in [0.05, 0.1) is 11.6 Å². The molecule has 0 saturated heterocycles. The predicted molar refractivity (Wildman–Crippen MR) is 75.5 cm³/mol. The van der Waals surface area contributed by atoms with Gasteiger partial charge < -0.3 is 4.90 Å². The molecule has 1 fully saturated rings. The number of benzene rings is 1. The van der Waals surface area contributed by atoms with Crippen LogP contribution in [0.3, 0.4) is 0 Å². The van der Waals surface area contributed by atoms with E-state index in [0.717, 1.165) is 37.8 Å². The van der Waals surface area contributed by atoms with E-state index >= 15 is 0 Å². The second kappa shape index (κ2) is 5.40. The first-order chi connectivity index (χ1) is 9.34. The first-order valence-electron chi connectivity index (χ1n) is 6.96. The molecular formula is C16H20F2N2. The maximum absolute atomic E-state index is 14.0. The molecule has 0 heterocycles.